The number of carbonyl (C=O) groups is 1. The van der Waals surface area contributed by atoms with Crippen LogP contribution in [0.2, 0.25) is 0 Å². The smallest absolute Gasteiger partial charge is 0.289 e. The van der Waals surface area contributed by atoms with E-state index < -0.39 is 23.3 Å². The molecule has 104 valence electrons. The standard InChI is InChI=1S/C13H6BrF4NO/c14-11-2-1-8(13(16,17)18)4-10(11)12(20)7-3-9(15)6-19-5-7/h1-6H. The fourth-order valence-electron chi connectivity index (χ4n) is 1.57. The molecule has 0 bridgehead atoms. The van der Waals surface area contributed by atoms with Crippen LogP contribution in [-0.2, 0) is 6.18 Å². The van der Waals surface area contributed by atoms with E-state index in [-0.39, 0.29) is 15.6 Å². The average Bonchev–Trinajstić information content (AvgIpc) is 2.37. The highest BCUT2D eigenvalue weighted by atomic mass is 79.9. The van der Waals surface area contributed by atoms with Gasteiger partial charge in [-0.15, -0.1) is 0 Å². The van der Waals surface area contributed by atoms with Crippen molar-refractivity contribution >= 4 is 21.7 Å². The second-order valence-electron chi connectivity index (χ2n) is 3.91. The molecule has 0 amide bonds. The third kappa shape index (κ3) is 3.04. The van der Waals surface area contributed by atoms with Gasteiger partial charge in [0.25, 0.3) is 0 Å². The number of alkyl halides is 3. The van der Waals surface area contributed by atoms with E-state index in [0.717, 1.165) is 36.7 Å². The van der Waals surface area contributed by atoms with Crippen molar-refractivity contribution in [2.45, 2.75) is 6.18 Å². The summed E-state index contributed by atoms with van der Waals surface area (Å²) < 4.78 is 51.1. The zero-order valence-electron chi connectivity index (χ0n) is 9.71. The van der Waals surface area contributed by atoms with E-state index in [2.05, 4.69) is 20.9 Å². The third-order valence-corrected chi connectivity index (χ3v) is 3.20. The van der Waals surface area contributed by atoms with Gasteiger partial charge in [-0.2, -0.15) is 13.2 Å². The minimum absolute atomic E-state index is 0.120. The van der Waals surface area contributed by atoms with Gasteiger partial charge in [-0.3, -0.25) is 9.78 Å². The van der Waals surface area contributed by atoms with Gasteiger partial charge in [-0.05, 0) is 24.3 Å². The molecule has 0 radical (unpaired) electrons. The van der Waals surface area contributed by atoms with Gasteiger partial charge in [0.2, 0.25) is 0 Å². The van der Waals surface area contributed by atoms with Gasteiger partial charge in [0, 0.05) is 21.8 Å². The predicted molar refractivity (Wildman–Crippen MR) is 66.8 cm³/mol. The van der Waals surface area contributed by atoms with Crippen molar-refractivity contribution in [3.8, 4) is 0 Å². The lowest BCUT2D eigenvalue weighted by atomic mass is 10.0. The van der Waals surface area contributed by atoms with Crippen LogP contribution < -0.4 is 0 Å². The summed E-state index contributed by atoms with van der Waals surface area (Å²) in [7, 11) is 0. The Morgan fingerprint density at radius 3 is 2.45 bits per heavy atom. The molecular weight excluding hydrogens is 342 g/mol. The van der Waals surface area contributed by atoms with Gasteiger partial charge in [0.05, 0.1) is 11.8 Å². The molecule has 0 aliphatic carbocycles. The first-order valence-corrected chi connectivity index (χ1v) is 6.10. The van der Waals surface area contributed by atoms with Crippen LogP contribution in [0.5, 0.6) is 0 Å². The molecule has 0 atom stereocenters. The second-order valence-corrected chi connectivity index (χ2v) is 4.77. The van der Waals surface area contributed by atoms with Crippen molar-refractivity contribution in [1.29, 1.82) is 0 Å². The summed E-state index contributed by atoms with van der Waals surface area (Å²) in [4.78, 5) is 15.6. The highest BCUT2D eigenvalue weighted by Crippen LogP contribution is 2.32. The minimum atomic E-state index is -4.56. The molecule has 2 rings (SSSR count). The predicted octanol–water partition coefficient (Wildman–Crippen LogP) is 4.23. The van der Waals surface area contributed by atoms with Crippen LogP contribution in [-0.4, -0.2) is 10.8 Å². The summed E-state index contributed by atoms with van der Waals surface area (Å²) in [6.45, 7) is 0. The summed E-state index contributed by atoms with van der Waals surface area (Å²) in [6, 6.07) is 3.62. The van der Waals surface area contributed by atoms with Crippen LogP contribution >= 0.6 is 15.9 Å². The van der Waals surface area contributed by atoms with E-state index in [1.165, 1.54) is 0 Å². The molecule has 0 saturated carbocycles. The van der Waals surface area contributed by atoms with Crippen molar-refractivity contribution in [3.63, 3.8) is 0 Å². The Morgan fingerprint density at radius 2 is 1.85 bits per heavy atom. The summed E-state index contributed by atoms with van der Waals surface area (Å²) in [6.07, 6.45) is -2.56. The maximum absolute atomic E-state index is 13.0. The van der Waals surface area contributed by atoms with Crippen LogP contribution in [0.4, 0.5) is 17.6 Å². The molecule has 0 unspecified atom stereocenters. The molecule has 0 saturated heterocycles. The van der Waals surface area contributed by atoms with Gasteiger partial charge >= 0.3 is 6.18 Å². The number of aromatic nitrogens is 1. The number of pyridine rings is 1. The summed E-state index contributed by atoms with van der Waals surface area (Å²) in [5, 5.41) is 0. The van der Waals surface area contributed by atoms with Crippen molar-refractivity contribution in [2.75, 3.05) is 0 Å². The number of hydrogen-bond acceptors (Lipinski definition) is 2. The maximum Gasteiger partial charge on any atom is 0.416 e. The van der Waals surface area contributed by atoms with Gasteiger partial charge < -0.3 is 0 Å². The monoisotopic (exact) mass is 347 g/mol. The lowest BCUT2D eigenvalue weighted by Crippen LogP contribution is -2.09. The molecule has 0 N–H and O–H groups in total. The molecule has 1 aromatic carbocycles. The van der Waals surface area contributed by atoms with E-state index in [1.54, 1.807) is 0 Å². The normalized spacial score (nSPS) is 11.4. The van der Waals surface area contributed by atoms with Crippen molar-refractivity contribution in [3.05, 3.63) is 63.6 Å². The highest BCUT2D eigenvalue weighted by Gasteiger charge is 2.31. The third-order valence-electron chi connectivity index (χ3n) is 2.51. The molecule has 0 fully saturated rings. The fraction of sp³-hybridized carbons (Fsp3) is 0.0769. The van der Waals surface area contributed by atoms with Crippen LogP contribution in [0, 0.1) is 5.82 Å². The largest absolute Gasteiger partial charge is 0.416 e. The number of nitrogens with zero attached hydrogens (tertiary/aromatic N) is 1. The number of ketones is 1. The van der Waals surface area contributed by atoms with Crippen LogP contribution in [0.3, 0.4) is 0 Å². The molecule has 7 heteroatoms. The molecular formula is C13H6BrF4NO. The molecule has 2 nitrogen and oxygen atoms in total. The van der Waals surface area contributed by atoms with Crippen molar-refractivity contribution in [2.24, 2.45) is 0 Å². The van der Waals surface area contributed by atoms with Gasteiger partial charge in [0.1, 0.15) is 5.82 Å². The number of hydrogen-bond donors (Lipinski definition) is 0. The molecule has 0 aliphatic heterocycles. The molecule has 1 aromatic heterocycles. The Morgan fingerprint density at radius 1 is 1.15 bits per heavy atom. The highest BCUT2D eigenvalue weighted by molar-refractivity contribution is 9.10. The zero-order chi connectivity index (χ0) is 14.9. The summed E-state index contributed by atoms with van der Waals surface area (Å²) >= 11 is 3.01. The lowest BCUT2D eigenvalue weighted by molar-refractivity contribution is -0.137. The molecule has 1 heterocycles. The summed E-state index contributed by atoms with van der Waals surface area (Å²) in [5.74, 6) is -1.48. The first-order valence-electron chi connectivity index (χ1n) is 5.31. The quantitative estimate of drug-likeness (QED) is 0.601. The Bertz CT molecular complexity index is 670. The van der Waals surface area contributed by atoms with E-state index in [0.29, 0.717) is 0 Å². The Labute approximate surface area is 119 Å². The molecule has 2 aromatic rings. The topological polar surface area (TPSA) is 30.0 Å². The van der Waals surface area contributed by atoms with Gasteiger partial charge in [-0.1, -0.05) is 15.9 Å². The minimum Gasteiger partial charge on any atom is -0.289 e. The number of carbonyl (C=O) groups excluding carboxylic acids is 1. The van der Waals surface area contributed by atoms with E-state index >= 15 is 0 Å². The lowest BCUT2D eigenvalue weighted by Gasteiger charge is -2.10. The molecule has 0 aliphatic rings. The van der Waals surface area contributed by atoms with Gasteiger partial charge in [-0.25, -0.2) is 4.39 Å². The Hall–Kier alpha value is -1.76. The van der Waals surface area contributed by atoms with E-state index in [1.807, 2.05) is 0 Å². The number of rotatable bonds is 2. The van der Waals surface area contributed by atoms with E-state index in [9.17, 15) is 22.4 Å². The molecule has 20 heavy (non-hydrogen) atoms. The summed E-state index contributed by atoms with van der Waals surface area (Å²) in [5.41, 5.74) is -1.27. The van der Waals surface area contributed by atoms with Crippen LogP contribution in [0.25, 0.3) is 0 Å². The first-order chi connectivity index (χ1) is 9.29. The zero-order valence-corrected chi connectivity index (χ0v) is 11.3. The number of halogens is 5. The maximum atomic E-state index is 13.0. The fourth-order valence-corrected chi connectivity index (χ4v) is 1.99. The van der Waals surface area contributed by atoms with Crippen molar-refractivity contribution in [1.82, 2.24) is 4.98 Å². The van der Waals surface area contributed by atoms with E-state index in [4.69, 9.17) is 0 Å². The number of benzene rings is 1. The molecule has 0 spiro atoms. The Balaban J connectivity index is 2.49. The average molecular weight is 348 g/mol. The van der Waals surface area contributed by atoms with Gasteiger partial charge in [0.15, 0.2) is 5.78 Å². The second kappa shape index (κ2) is 5.32. The first kappa shape index (κ1) is 14.6. The SMILES string of the molecule is O=C(c1cncc(F)c1)c1cc(C(F)(F)F)ccc1Br. The van der Waals surface area contributed by atoms with Crippen molar-refractivity contribution < 1.29 is 22.4 Å². The Kier molecular flexibility index (Phi) is 3.89. The van der Waals surface area contributed by atoms with Crippen LogP contribution in [0.1, 0.15) is 21.5 Å². The van der Waals surface area contributed by atoms with Crippen LogP contribution in [0.15, 0.2) is 41.1 Å².